The summed E-state index contributed by atoms with van der Waals surface area (Å²) in [6.07, 6.45) is -0.711. The van der Waals surface area contributed by atoms with Crippen molar-refractivity contribution in [3.05, 3.63) is 80.0 Å². The van der Waals surface area contributed by atoms with Gasteiger partial charge in [-0.05, 0) is 28.3 Å². The number of carboxylic acid groups (broad SMARTS) is 1. The average molecular weight is 462 g/mol. The van der Waals surface area contributed by atoms with Crippen LogP contribution in [0.2, 0.25) is 8.67 Å². The van der Waals surface area contributed by atoms with Gasteiger partial charge in [0.05, 0.1) is 15.2 Å². The summed E-state index contributed by atoms with van der Waals surface area (Å²) < 4.78 is 6.46. The number of hydrogen-bond donors (Lipinski definition) is 1. The maximum absolute atomic E-state index is 12.7. The standard InChI is InChI=1S/C22H17Cl2NO4S/c23-19-9-13(21(24)30-19)10-25(11-20(26)27)22(28)29-12-18-16-7-3-1-5-14(16)15-6-2-4-8-17(15)18/h1-9,18H,10-12H2,(H,26,27). The number of benzene rings is 2. The van der Waals surface area contributed by atoms with Gasteiger partial charge in [0.2, 0.25) is 0 Å². The molecule has 1 heterocycles. The van der Waals surface area contributed by atoms with Crippen LogP contribution in [0.5, 0.6) is 0 Å². The van der Waals surface area contributed by atoms with Gasteiger partial charge in [0.25, 0.3) is 0 Å². The van der Waals surface area contributed by atoms with Crippen LogP contribution in [0.25, 0.3) is 11.1 Å². The van der Waals surface area contributed by atoms with E-state index in [2.05, 4.69) is 12.1 Å². The Balaban J connectivity index is 1.52. The minimum absolute atomic E-state index is 0.00499. The highest BCUT2D eigenvalue weighted by molar-refractivity contribution is 7.20. The molecule has 154 valence electrons. The summed E-state index contributed by atoms with van der Waals surface area (Å²) in [6.45, 7) is -0.382. The molecule has 0 spiro atoms. The van der Waals surface area contributed by atoms with Crippen molar-refractivity contribution in [1.29, 1.82) is 0 Å². The molecule has 0 radical (unpaired) electrons. The molecule has 0 bridgehead atoms. The fourth-order valence-electron chi connectivity index (χ4n) is 3.72. The van der Waals surface area contributed by atoms with Crippen molar-refractivity contribution >= 4 is 46.6 Å². The van der Waals surface area contributed by atoms with E-state index in [4.69, 9.17) is 27.9 Å². The van der Waals surface area contributed by atoms with Gasteiger partial charge in [0.15, 0.2) is 0 Å². The maximum Gasteiger partial charge on any atom is 0.410 e. The van der Waals surface area contributed by atoms with Gasteiger partial charge in [0.1, 0.15) is 13.2 Å². The number of rotatable bonds is 6. The molecule has 1 amide bonds. The molecule has 0 saturated heterocycles. The Morgan fingerprint density at radius 1 is 1.03 bits per heavy atom. The molecule has 0 unspecified atom stereocenters. The van der Waals surface area contributed by atoms with Crippen LogP contribution < -0.4 is 0 Å². The Labute approximate surface area is 187 Å². The SMILES string of the molecule is O=C(O)CN(Cc1cc(Cl)sc1Cl)C(=O)OCC1c2ccccc2-c2ccccc21. The molecule has 8 heteroatoms. The van der Waals surface area contributed by atoms with E-state index in [9.17, 15) is 14.7 Å². The summed E-state index contributed by atoms with van der Waals surface area (Å²) in [5.74, 6) is -1.24. The van der Waals surface area contributed by atoms with E-state index < -0.39 is 18.6 Å². The van der Waals surface area contributed by atoms with E-state index in [1.807, 2.05) is 36.4 Å². The molecule has 1 N–H and O–H groups in total. The second kappa shape index (κ2) is 8.68. The number of fused-ring (bicyclic) bond motifs is 3. The Morgan fingerprint density at radius 2 is 1.63 bits per heavy atom. The Hall–Kier alpha value is -2.54. The molecule has 5 nitrogen and oxygen atoms in total. The van der Waals surface area contributed by atoms with Crippen LogP contribution in [-0.2, 0) is 16.1 Å². The lowest BCUT2D eigenvalue weighted by Gasteiger charge is -2.22. The smallest absolute Gasteiger partial charge is 0.410 e. The van der Waals surface area contributed by atoms with Gasteiger partial charge in [-0.1, -0.05) is 71.7 Å². The maximum atomic E-state index is 12.7. The summed E-state index contributed by atoms with van der Waals surface area (Å²) in [4.78, 5) is 25.1. The van der Waals surface area contributed by atoms with Crippen molar-refractivity contribution in [2.24, 2.45) is 0 Å². The molecule has 1 aliphatic carbocycles. The number of aliphatic carboxylic acids is 1. The van der Waals surface area contributed by atoms with Crippen molar-refractivity contribution in [3.8, 4) is 11.1 Å². The first kappa shape index (κ1) is 20.7. The molecule has 1 aliphatic rings. The summed E-state index contributed by atoms with van der Waals surface area (Å²) in [7, 11) is 0. The van der Waals surface area contributed by atoms with Crippen LogP contribution in [0.4, 0.5) is 4.79 Å². The molecule has 3 aromatic rings. The van der Waals surface area contributed by atoms with Crippen molar-refractivity contribution in [2.75, 3.05) is 13.2 Å². The summed E-state index contributed by atoms with van der Waals surface area (Å²) in [5.41, 5.74) is 5.00. The molecule has 0 atom stereocenters. The van der Waals surface area contributed by atoms with Crippen LogP contribution in [0, 0.1) is 0 Å². The minimum atomic E-state index is -1.14. The molecule has 30 heavy (non-hydrogen) atoms. The fourth-order valence-corrected chi connectivity index (χ4v) is 5.19. The first-order chi connectivity index (χ1) is 14.4. The Bertz CT molecular complexity index is 1070. The van der Waals surface area contributed by atoms with Crippen LogP contribution in [-0.4, -0.2) is 35.2 Å². The van der Waals surface area contributed by atoms with E-state index in [1.165, 1.54) is 0 Å². The zero-order valence-electron chi connectivity index (χ0n) is 15.7. The quantitative estimate of drug-likeness (QED) is 0.496. The lowest BCUT2D eigenvalue weighted by atomic mass is 9.98. The number of carboxylic acids is 1. The highest BCUT2D eigenvalue weighted by Gasteiger charge is 2.30. The fraction of sp³-hybridized carbons (Fsp3) is 0.182. The summed E-state index contributed by atoms with van der Waals surface area (Å²) in [5, 5.41) is 9.22. The number of carbonyl (C=O) groups is 2. The van der Waals surface area contributed by atoms with Crippen molar-refractivity contribution in [3.63, 3.8) is 0 Å². The Kier molecular flexibility index (Phi) is 5.99. The lowest BCUT2D eigenvalue weighted by Crippen LogP contribution is -2.36. The topological polar surface area (TPSA) is 66.8 Å². The van der Waals surface area contributed by atoms with Gasteiger partial charge >= 0.3 is 12.1 Å². The predicted octanol–water partition coefficient (Wildman–Crippen LogP) is 5.89. The summed E-state index contributed by atoms with van der Waals surface area (Å²) >= 11 is 13.3. The van der Waals surface area contributed by atoms with Gasteiger partial charge in [0, 0.05) is 11.5 Å². The van der Waals surface area contributed by atoms with Crippen LogP contribution in [0.1, 0.15) is 22.6 Å². The number of carbonyl (C=O) groups excluding carboxylic acids is 1. The number of amides is 1. The molecule has 0 fully saturated rings. The van der Waals surface area contributed by atoms with Crippen molar-refractivity contribution in [1.82, 2.24) is 4.90 Å². The third-order valence-corrected chi connectivity index (χ3v) is 6.58. The Morgan fingerprint density at radius 3 is 2.17 bits per heavy atom. The van der Waals surface area contributed by atoms with E-state index in [0.717, 1.165) is 38.5 Å². The van der Waals surface area contributed by atoms with Crippen LogP contribution >= 0.6 is 34.5 Å². The molecule has 1 aromatic heterocycles. The zero-order chi connectivity index (χ0) is 21.3. The average Bonchev–Trinajstić information content (AvgIpc) is 3.21. The predicted molar refractivity (Wildman–Crippen MR) is 117 cm³/mol. The molecular formula is C22H17Cl2NO4S. The highest BCUT2D eigenvalue weighted by Crippen LogP contribution is 2.44. The van der Waals surface area contributed by atoms with E-state index in [-0.39, 0.29) is 19.1 Å². The zero-order valence-corrected chi connectivity index (χ0v) is 18.0. The van der Waals surface area contributed by atoms with E-state index >= 15 is 0 Å². The van der Waals surface area contributed by atoms with Gasteiger partial charge < -0.3 is 9.84 Å². The number of halogens is 2. The lowest BCUT2D eigenvalue weighted by molar-refractivity contribution is -0.138. The number of hydrogen-bond acceptors (Lipinski definition) is 4. The van der Waals surface area contributed by atoms with Gasteiger partial charge in [-0.15, -0.1) is 11.3 Å². The van der Waals surface area contributed by atoms with Gasteiger partial charge in [-0.2, -0.15) is 0 Å². The minimum Gasteiger partial charge on any atom is -0.480 e. The van der Waals surface area contributed by atoms with Crippen LogP contribution in [0.3, 0.4) is 0 Å². The number of nitrogens with zero attached hydrogens (tertiary/aromatic N) is 1. The van der Waals surface area contributed by atoms with Crippen molar-refractivity contribution < 1.29 is 19.4 Å². The second-order valence-electron chi connectivity index (χ2n) is 6.90. The highest BCUT2D eigenvalue weighted by atomic mass is 35.5. The second-order valence-corrected chi connectivity index (χ2v) is 9.19. The molecule has 2 aromatic carbocycles. The molecule has 0 aliphatic heterocycles. The van der Waals surface area contributed by atoms with Crippen molar-refractivity contribution in [2.45, 2.75) is 12.5 Å². The largest absolute Gasteiger partial charge is 0.480 e. The van der Waals surface area contributed by atoms with E-state index in [0.29, 0.717) is 14.2 Å². The van der Waals surface area contributed by atoms with Gasteiger partial charge in [-0.25, -0.2) is 4.79 Å². The third kappa shape index (κ3) is 4.17. The normalized spacial score (nSPS) is 12.3. The monoisotopic (exact) mass is 461 g/mol. The third-order valence-electron chi connectivity index (χ3n) is 5.01. The van der Waals surface area contributed by atoms with Crippen LogP contribution in [0.15, 0.2) is 54.6 Å². The summed E-state index contributed by atoms with van der Waals surface area (Å²) in [6, 6.07) is 17.6. The van der Waals surface area contributed by atoms with E-state index in [1.54, 1.807) is 6.07 Å². The molecule has 4 rings (SSSR count). The number of ether oxygens (including phenoxy) is 1. The first-order valence-electron chi connectivity index (χ1n) is 9.19. The first-order valence-corrected chi connectivity index (χ1v) is 10.8. The molecular weight excluding hydrogens is 445 g/mol. The number of thiophene rings is 1. The molecule has 0 saturated carbocycles. The van der Waals surface area contributed by atoms with Gasteiger partial charge in [-0.3, -0.25) is 9.69 Å².